The van der Waals surface area contributed by atoms with Crippen molar-refractivity contribution in [2.45, 2.75) is 31.6 Å². The van der Waals surface area contributed by atoms with Gasteiger partial charge in [0.05, 0.1) is 0 Å². The van der Waals surface area contributed by atoms with Crippen molar-refractivity contribution in [2.24, 2.45) is 17.8 Å². The Balaban J connectivity index is 0.00000162. The molecule has 0 N–H and O–H groups in total. The number of alkyl halides is 6. The summed E-state index contributed by atoms with van der Waals surface area (Å²) in [6.45, 7) is 0. The van der Waals surface area contributed by atoms with Crippen molar-refractivity contribution < 1.29 is 57.5 Å². The van der Waals surface area contributed by atoms with Crippen LogP contribution in [0.5, 0.6) is 0 Å². The number of rotatable bonds is 2. The van der Waals surface area contributed by atoms with Gasteiger partial charge in [0, 0.05) is 31.1 Å². The number of hydrogen-bond acceptors (Lipinski definition) is 0. The predicted molar refractivity (Wildman–Crippen MR) is 48.8 cm³/mol. The maximum absolute atomic E-state index is 12.3. The molecule has 0 saturated heterocycles. The predicted octanol–water partition coefficient (Wildman–Crippen LogP) is 4.29. The van der Waals surface area contributed by atoms with Crippen molar-refractivity contribution in [2.75, 3.05) is 0 Å². The molecule has 0 radical (unpaired) electrons. The molecule has 2 bridgehead atoms. The van der Waals surface area contributed by atoms with E-state index in [0.717, 1.165) is 0 Å². The first-order valence-electron chi connectivity index (χ1n) is 5.36. The van der Waals surface area contributed by atoms with Gasteiger partial charge in [0.1, 0.15) is 0 Å². The summed E-state index contributed by atoms with van der Waals surface area (Å²) >= 11 is 0. The van der Waals surface area contributed by atoms with Gasteiger partial charge in [0.15, 0.2) is 0 Å². The molecular weight excluding hydrogens is 484 g/mol. The molecular formula is C11H11F6U-. The summed E-state index contributed by atoms with van der Waals surface area (Å²) in [6.07, 6.45) is -6.66. The number of fused-ring (bicyclic) bond motifs is 2. The minimum Gasteiger partial charge on any atom is -0.206 e. The van der Waals surface area contributed by atoms with Gasteiger partial charge in [0.2, 0.25) is 0 Å². The molecule has 2 rings (SSSR count). The van der Waals surface area contributed by atoms with E-state index < -0.39 is 30.6 Å². The van der Waals surface area contributed by atoms with Gasteiger partial charge in [-0.15, -0.1) is 5.92 Å². The SMILES string of the molecule is FC(F)(F)[C-](CC1CC2C=CC1C2)C(F)(F)F.[U]. The molecule has 1 fully saturated rings. The van der Waals surface area contributed by atoms with Crippen molar-refractivity contribution in [1.82, 2.24) is 0 Å². The molecule has 102 valence electrons. The fraction of sp³-hybridized carbons (Fsp3) is 0.727. The first kappa shape index (κ1) is 16.4. The second kappa shape index (κ2) is 5.40. The number of halogens is 6. The van der Waals surface area contributed by atoms with Crippen molar-refractivity contribution in [3.8, 4) is 0 Å². The minimum absolute atomic E-state index is 0. The van der Waals surface area contributed by atoms with Crippen molar-refractivity contribution >= 4 is 0 Å². The molecule has 0 aliphatic heterocycles. The first-order valence-corrected chi connectivity index (χ1v) is 5.36. The fourth-order valence-corrected chi connectivity index (χ4v) is 2.78. The Kier molecular flexibility index (Phi) is 4.93. The van der Waals surface area contributed by atoms with Gasteiger partial charge in [-0.3, -0.25) is 0 Å². The molecule has 2 aliphatic rings. The third-order valence-electron chi connectivity index (χ3n) is 3.57. The average molecular weight is 495 g/mol. The molecule has 0 aromatic rings. The van der Waals surface area contributed by atoms with Crippen LogP contribution in [-0.4, -0.2) is 12.4 Å². The van der Waals surface area contributed by atoms with Gasteiger partial charge < -0.3 is 0 Å². The van der Waals surface area contributed by atoms with Crippen molar-refractivity contribution in [3.63, 3.8) is 0 Å². The van der Waals surface area contributed by atoms with E-state index in [4.69, 9.17) is 0 Å². The fourth-order valence-electron chi connectivity index (χ4n) is 2.78. The molecule has 3 unspecified atom stereocenters. The largest absolute Gasteiger partial charge is 0.280 e. The summed E-state index contributed by atoms with van der Waals surface area (Å²) in [4.78, 5) is 0. The van der Waals surface area contributed by atoms with Gasteiger partial charge in [-0.1, -0.05) is 18.1 Å². The van der Waals surface area contributed by atoms with E-state index in [0.29, 0.717) is 12.8 Å². The molecule has 1 saturated carbocycles. The van der Waals surface area contributed by atoms with Gasteiger partial charge in [-0.05, 0) is 24.7 Å². The first-order chi connectivity index (χ1) is 7.68. The van der Waals surface area contributed by atoms with E-state index in [1.807, 2.05) is 6.08 Å². The van der Waals surface area contributed by atoms with Gasteiger partial charge >= 0.3 is 0 Å². The quantitative estimate of drug-likeness (QED) is 0.305. The Morgan fingerprint density at radius 2 is 1.50 bits per heavy atom. The second-order valence-electron chi connectivity index (χ2n) is 4.72. The zero-order chi connectivity index (χ0) is 12.8. The van der Waals surface area contributed by atoms with Crippen LogP contribution in [0.25, 0.3) is 0 Å². The monoisotopic (exact) mass is 495 g/mol. The second-order valence-corrected chi connectivity index (χ2v) is 4.72. The van der Waals surface area contributed by atoms with Crippen LogP contribution in [0.15, 0.2) is 12.2 Å². The molecule has 0 heterocycles. The smallest absolute Gasteiger partial charge is 0.206 e. The van der Waals surface area contributed by atoms with Gasteiger partial charge in [0.25, 0.3) is 12.4 Å². The minimum atomic E-state index is -5.27. The molecule has 0 aromatic carbocycles. The number of hydrogen-bond donors (Lipinski definition) is 0. The van der Waals surface area contributed by atoms with Crippen LogP contribution in [0.2, 0.25) is 0 Å². The van der Waals surface area contributed by atoms with Crippen LogP contribution in [0, 0.1) is 54.8 Å². The summed E-state index contributed by atoms with van der Waals surface area (Å²) in [5.74, 6) is -2.69. The molecule has 0 spiro atoms. The normalized spacial score (nSPS) is 30.9. The Bertz CT molecular complexity index is 304. The Hall–Kier alpha value is 0.372. The van der Waals surface area contributed by atoms with Gasteiger partial charge in [-0.25, -0.2) is 26.3 Å². The van der Waals surface area contributed by atoms with Gasteiger partial charge in [-0.2, -0.15) is 6.42 Å². The summed E-state index contributed by atoms with van der Waals surface area (Å²) in [6, 6.07) is 0. The van der Waals surface area contributed by atoms with Crippen LogP contribution >= 0.6 is 0 Å². The zero-order valence-corrected chi connectivity index (χ0v) is 13.4. The Morgan fingerprint density at radius 3 is 1.83 bits per heavy atom. The standard InChI is InChI=1S/C11H11F6.U/c12-10(13,14)9(11(15,16)17)5-8-4-6-1-2-7(8)3-6;/h1-2,6-8H,3-5H2;/q-1;. The van der Waals surface area contributed by atoms with E-state index in [9.17, 15) is 26.3 Å². The molecule has 0 aromatic heterocycles. The Labute approximate surface area is 125 Å². The molecule has 0 amide bonds. The van der Waals surface area contributed by atoms with Crippen LogP contribution in [0.1, 0.15) is 19.3 Å². The van der Waals surface area contributed by atoms with E-state index in [-0.39, 0.29) is 42.9 Å². The topological polar surface area (TPSA) is 0 Å². The van der Waals surface area contributed by atoms with E-state index >= 15 is 0 Å². The Morgan fingerprint density at radius 1 is 0.944 bits per heavy atom. The molecule has 0 nitrogen and oxygen atoms in total. The van der Waals surface area contributed by atoms with E-state index in [1.54, 1.807) is 6.08 Å². The third-order valence-corrected chi connectivity index (χ3v) is 3.57. The van der Waals surface area contributed by atoms with Crippen LogP contribution in [0.3, 0.4) is 0 Å². The van der Waals surface area contributed by atoms with Crippen molar-refractivity contribution in [1.29, 1.82) is 0 Å². The van der Waals surface area contributed by atoms with Crippen LogP contribution < -0.4 is 0 Å². The average Bonchev–Trinajstić information content (AvgIpc) is 2.70. The van der Waals surface area contributed by atoms with E-state index in [1.165, 1.54) is 0 Å². The summed E-state index contributed by atoms with van der Waals surface area (Å²) in [7, 11) is 0. The maximum atomic E-state index is 12.3. The maximum Gasteiger partial charge on any atom is 0.280 e. The van der Waals surface area contributed by atoms with Crippen LogP contribution in [0.4, 0.5) is 26.3 Å². The molecule has 2 aliphatic carbocycles. The summed E-state index contributed by atoms with van der Waals surface area (Å²) in [5.41, 5.74) is 0. The third kappa shape index (κ3) is 3.47. The molecule has 3 atom stereocenters. The molecule has 7 heteroatoms. The van der Waals surface area contributed by atoms with Crippen molar-refractivity contribution in [3.05, 3.63) is 18.1 Å². The van der Waals surface area contributed by atoms with E-state index in [2.05, 4.69) is 0 Å². The zero-order valence-electron chi connectivity index (χ0n) is 9.28. The number of allylic oxidation sites excluding steroid dienone is 2. The molecule has 18 heavy (non-hydrogen) atoms. The van der Waals surface area contributed by atoms with Crippen LogP contribution in [-0.2, 0) is 0 Å². The summed E-state index contributed by atoms with van der Waals surface area (Å²) in [5, 5.41) is 0. The summed E-state index contributed by atoms with van der Waals surface area (Å²) < 4.78 is 74.0.